The number of hydrogen-bond acceptors (Lipinski definition) is 3. The standard InChI is InChI=1S/C25H40N2O2S/c1-15(2)30-14-23(29)26-16(3)18-7-8-19-17-6-9-21-25(5,13-11-22(28)27-21)20(17)10-12-24(18,19)4/h11,13,15-21H,6-10,12,14H2,1-5H3,(H,26,29)(H,27,28)/t16?,17-,18+,19-,20-,21?,24+,25+/m0/s1. The molecule has 0 aromatic heterocycles. The first-order valence-electron chi connectivity index (χ1n) is 12.1. The van der Waals surface area contributed by atoms with Crippen LogP contribution in [0.2, 0.25) is 0 Å². The van der Waals surface area contributed by atoms with Crippen LogP contribution in [-0.2, 0) is 9.59 Å². The molecule has 2 unspecified atom stereocenters. The predicted molar refractivity (Wildman–Crippen MR) is 124 cm³/mol. The van der Waals surface area contributed by atoms with Crippen LogP contribution in [-0.4, -0.2) is 34.9 Å². The number of nitrogens with one attached hydrogen (secondary N) is 2. The Morgan fingerprint density at radius 3 is 2.67 bits per heavy atom. The van der Waals surface area contributed by atoms with Crippen molar-refractivity contribution < 1.29 is 9.59 Å². The monoisotopic (exact) mass is 432 g/mol. The van der Waals surface area contributed by atoms with Gasteiger partial charge in [-0.3, -0.25) is 9.59 Å². The summed E-state index contributed by atoms with van der Waals surface area (Å²) in [6, 6.07) is 0.548. The van der Waals surface area contributed by atoms with Gasteiger partial charge >= 0.3 is 0 Å². The van der Waals surface area contributed by atoms with Gasteiger partial charge in [0.15, 0.2) is 0 Å². The van der Waals surface area contributed by atoms with Gasteiger partial charge in [0.25, 0.3) is 0 Å². The summed E-state index contributed by atoms with van der Waals surface area (Å²) in [4.78, 5) is 24.4. The van der Waals surface area contributed by atoms with E-state index >= 15 is 0 Å². The number of thioether (sulfide) groups is 1. The van der Waals surface area contributed by atoms with Gasteiger partial charge < -0.3 is 10.6 Å². The summed E-state index contributed by atoms with van der Waals surface area (Å²) < 4.78 is 0. The molecule has 2 N–H and O–H groups in total. The molecular weight excluding hydrogens is 392 g/mol. The van der Waals surface area contributed by atoms with Crippen LogP contribution in [0.1, 0.15) is 73.1 Å². The Bertz CT molecular complexity index is 722. The smallest absolute Gasteiger partial charge is 0.243 e. The van der Waals surface area contributed by atoms with E-state index in [9.17, 15) is 9.59 Å². The van der Waals surface area contributed by atoms with Crippen molar-refractivity contribution in [1.29, 1.82) is 0 Å². The molecule has 4 rings (SSSR count). The van der Waals surface area contributed by atoms with Crippen molar-refractivity contribution in [3.05, 3.63) is 12.2 Å². The average Bonchev–Trinajstić information content (AvgIpc) is 3.04. The Morgan fingerprint density at radius 2 is 1.93 bits per heavy atom. The summed E-state index contributed by atoms with van der Waals surface area (Å²) in [6.07, 6.45) is 11.4. The fraction of sp³-hybridized carbons (Fsp3) is 0.840. The van der Waals surface area contributed by atoms with Crippen LogP contribution in [0.25, 0.3) is 0 Å². The minimum Gasteiger partial charge on any atom is -0.353 e. The predicted octanol–water partition coefficient (Wildman–Crippen LogP) is 4.55. The Kier molecular flexibility index (Phi) is 6.06. The van der Waals surface area contributed by atoms with Crippen molar-refractivity contribution >= 4 is 23.6 Å². The summed E-state index contributed by atoms with van der Waals surface area (Å²) in [6.45, 7) is 11.4. The zero-order valence-electron chi connectivity index (χ0n) is 19.4. The van der Waals surface area contributed by atoms with Crippen LogP contribution in [0.4, 0.5) is 0 Å². The Hall–Kier alpha value is -0.970. The molecule has 30 heavy (non-hydrogen) atoms. The highest BCUT2D eigenvalue weighted by molar-refractivity contribution is 8.00. The molecular formula is C25H40N2O2S. The third kappa shape index (κ3) is 3.73. The summed E-state index contributed by atoms with van der Waals surface area (Å²) in [7, 11) is 0. The molecule has 0 saturated heterocycles. The minimum atomic E-state index is 0.0812. The van der Waals surface area contributed by atoms with Gasteiger partial charge in [-0.2, -0.15) is 0 Å². The normalized spacial score (nSPS) is 43.4. The Morgan fingerprint density at radius 1 is 1.17 bits per heavy atom. The topological polar surface area (TPSA) is 58.2 Å². The molecule has 168 valence electrons. The Balaban J connectivity index is 1.47. The van der Waals surface area contributed by atoms with E-state index in [4.69, 9.17) is 0 Å². The zero-order valence-corrected chi connectivity index (χ0v) is 20.2. The quantitative estimate of drug-likeness (QED) is 0.670. The third-order valence-corrected chi connectivity index (χ3v) is 10.4. The Labute approximate surface area is 186 Å². The van der Waals surface area contributed by atoms with Crippen molar-refractivity contribution in [2.45, 2.75) is 90.5 Å². The molecule has 4 aliphatic rings. The number of rotatable bonds is 5. The lowest BCUT2D eigenvalue weighted by atomic mass is 9.47. The largest absolute Gasteiger partial charge is 0.353 e. The van der Waals surface area contributed by atoms with Gasteiger partial charge in [0.2, 0.25) is 11.8 Å². The van der Waals surface area contributed by atoms with E-state index in [0.29, 0.717) is 34.3 Å². The lowest BCUT2D eigenvalue weighted by Gasteiger charge is -2.59. The van der Waals surface area contributed by atoms with Crippen molar-refractivity contribution in [2.75, 3.05) is 5.75 Å². The van der Waals surface area contributed by atoms with E-state index in [1.807, 2.05) is 0 Å². The maximum Gasteiger partial charge on any atom is 0.243 e. The third-order valence-electron chi connectivity index (χ3n) is 9.30. The molecule has 0 radical (unpaired) electrons. The van der Waals surface area contributed by atoms with Crippen molar-refractivity contribution in [3.63, 3.8) is 0 Å². The molecule has 3 saturated carbocycles. The van der Waals surface area contributed by atoms with Gasteiger partial charge in [-0.1, -0.05) is 33.8 Å². The SMILES string of the molecule is CC(C)SCC(=O)NC(C)[C@H]1CC[C@H]2[C@@H]3CCC4NC(=O)C=C[C@]4(C)[C@H]3CC[C@]12C. The van der Waals surface area contributed by atoms with Crippen LogP contribution in [0.15, 0.2) is 12.2 Å². The first-order chi connectivity index (χ1) is 14.1. The molecule has 3 aliphatic carbocycles. The molecule has 0 bridgehead atoms. The minimum absolute atomic E-state index is 0.0812. The second-order valence-electron chi connectivity index (χ2n) is 11.2. The molecule has 1 heterocycles. The number of amides is 2. The summed E-state index contributed by atoms with van der Waals surface area (Å²) >= 11 is 1.72. The van der Waals surface area contributed by atoms with E-state index < -0.39 is 0 Å². The van der Waals surface area contributed by atoms with Crippen LogP contribution < -0.4 is 10.6 Å². The summed E-state index contributed by atoms with van der Waals surface area (Å²) in [5, 5.41) is 7.09. The van der Waals surface area contributed by atoms with E-state index in [-0.39, 0.29) is 23.3 Å². The van der Waals surface area contributed by atoms with Crippen LogP contribution >= 0.6 is 11.8 Å². The number of carbonyl (C=O) groups is 2. The fourth-order valence-corrected chi connectivity index (χ4v) is 8.40. The summed E-state index contributed by atoms with van der Waals surface area (Å²) in [5.74, 6) is 3.57. The first-order valence-corrected chi connectivity index (χ1v) is 13.1. The van der Waals surface area contributed by atoms with E-state index in [1.54, 1.807) is 17.8 Å². The van der Waals surface area contributed by atoms with Crippen molar-refractivity contribution in [3.8, 4) is 0 Å². The molecule has 4 nitrogen and oxygen atoms in total. The van der Waals surface area contributed by atoms with Crippen LogP contribution in [0, 0.1) is 34.5 Å². The van der Waals surface area contributed by atoms with E-state index in [0.717, 1.165) is 18.3 Å². The zero-order chi connectivity index (χ0) is 21.7. The first kappa shape index (κ1) is 22.2. The maximum atomic E-state index is 12.5. The highest BCUT2D eigenvalue weighted by Gasteiger charge is 2.60. The molecule has 1 aliphatic heterocycles. The van der Waals surface area contributed by atoms with Crippen molar-refractivity contribution in [1.82, 2.24) is 10.6 Å². The number of fused-ring (bicyclic) bond motifs is 5. The van der Waals surface area contributed by atoms with Gasteiger partial charge in [-0.15, -0.1) is 11.8 Å². The molecule has 2 amide bonds. The van der Waals surface area contributed by atoms with Gasteiger partial charge in [0, 0.05) is 17.5 Å². The fourth-order valence-electron chi connectivity index (χ4n) is 7.83. The van der Waals surface area contributed by atoms with Gasteiger partial charge in [0.1, 0.15) is 0 Å². The van der Waals surface area contributed by atoms with Crippen molar-refractivity contribution in [2.24, 2.45) is 34.5 Å². The molecule has 0 aromatic carbocycles. The van der Waals surface area contributed by atoms with Gasteiger partial charge in [0.05, 0.1) is 5.75 Å². The second kappa shape index (κ2) is 8.18. The molecule has 0 aromatic rings. The van der Waals surface area contributed by atoms with E-state index in [1.165, 1.54) is 32.1 Å². The average molecular weight is 433 g/mol. The second-order valence-corrected chi connectivity index (χ2v) is 12.7. The number of carbonyl (C=O) groups excluding carboxylic acids is 2. The lowest BCUT2D eigenvalue weighted by molar-refractivity contribution is -0.124. The van der Waals surface area contributed by atoms with Gasteiger partial charge in [-0.05, 0) is 85.9 Å². The molecule has 5 heteroatoms. The van der Waals surface area contributed by atoms with Crippen LogP contribution in [0.3, 0.4) is 0 Å². The van der Waals surface area contributed by atoms with E-state index in [2.05, 4.69) is 51.3 Å². The maximum absolute atomic E-state index is 12.5. The van der Waals surface area contributed by atoms with Gasteiger partial charge in [-0.25, -0.2) is 0 Å². The highest BCUT2D eigenvalue weighted by atomic mass is 32.2. The molecule has 8 atom stereocenters. The van der Waals surface area contributed by atoms with Crippen LogP contribution in [0.5, 0.6) is 0 Å². The lowest BCUT2D eigenvalue weighted by Crippen LogP contribution is -2.59. The summed E-state index contributed by atoms with van der Waals surface area (Å²) in [5.41, 5.74) is 0.425. The highest BCUT2D eigenvalue weighted by Crippen LogP contribution is 2.65. The molecule has 3 fully saturated rings. The number of hydrogen-bond donors (Lipinski definition) is 2. The molecule has 0 spiro atoms.